The standard InChI is InChI=1S/C9H13Cl/c1-3-8-5-4-7(2)9(10)6-8/h6H,3-5H2,1-2H3. The summed E-state index contributed by atoms with van der Waals surface area (Å²) in [4.78, 5) is 0. The molecule has 0 heterocycles. The maximum Gasteiger partial charge on any atom is 0.0394 e. The highest BCUT2D eigenvalue weighted by Crippen LogP contribution is 2.27. The van der Waals surface area contributed by atoms with Gasteiger partial charge in [-0.15, -0.1) is 0 Å². The van der Waals surface area contributed by atoms with E-state index in [-0.39, 0.29) is 0 Å². The molecule has 0 saturated heterocycles. The van der Waals surface area contributed by atoms with Gasteiger partial charge in [-0.3, -0.25) is 0 Å². The van der Waals surface area contributed by atoms with Crippen molar-refractivity contribution in [2.75, 3.05) is 0 Å². The average molecular weight is 157 g/mol. The first-order valence-electron chi connectivity index (χ1n) is 3.78. The molecule has 0 aromatic rings. The van der Waals surface area contributed by atoms with Crippen LogP contribution in [0.1, 0.15) is 33.1 Å². The molecule has 0 aliphatic heterocycles. The van der Waals surface area contributed by atoms with Gasteiger partial charge in [0.15, 0.2) is 0 Å². The zero-order chi connectivity index (χ0) is 7.56. The summed E-state index contributed by atoms with van der Waals surface area (Å²) in [6, 6.07) is 0. The largest absolute Gasteiger partial charge is 0.0844 e. The fraction of sp³-hybridized carbons (Fsp3) is 0.556. The maximum atomic E-state index is 5.94. The van der Waals surface area contributed by atoms with Gasteiger partial charge in [0.1, 0.15) is 0 Å². The van der Waals surface area contributed by atoms with Gasteiger partial charge in [-0.05, 0) is 32.3 Å². The molecule has 0 radical (unpaired) electrons. The topological polar surface area (TPSA) is 0 Å². The van der Waals surface area contributed by atoms with Crippen molar-refractivity contribution in [1.82, 2.24) is 0 Å². The molecule has 0 saturated carbocycles. The van der Waals surface area contributed by atoms with Gasteiger partial charge in [0.2, 0.25) is 0 Å². The summed E-state index contributed by atoms with van der Waals surface area (Å²) in [7, 11) is 0. The van der Waals surface area contributed by atoms with Gasteiger partial charge >= 0.3 is 0 Å². The maximum absolute atomic E-state index is 5.94. The molecule has 0 bridgehead atoms. The highest BCUT2D eigenvalue weighted by atomic mass is 35.5. The number of hydrogen-bond acceptors (Lipinski definition) is 0. The molecule has 1 rings (SSSR count). The van der Waals surface area contributed by atoms with Crippen molar-refractivity contribution in [3.63, 3.8) is 0 Å². The van der Waals surface area contributed by atoms with Crippen LogP contribution >= 0.6 is 11.6 Å². The van der Waals surface area contributed by atoms with Crippen LogP contribution < -0.4 is 0 Å². The summed E-state index contributed by atoms with van der Waals surface area (Å²) in [5, 5.41) is 0.961. The molecule has 0 aromatic heterocycles. The zero-order valence-electron chi connectivity index (χ0n) is 6.58. The Balaban J connectivity index is 2.76. The SMILES string of the molecule is CCC1=CC(Cl)=C(C)CC1. The van der Waals surface area contributed by atoms with Gasteiger partial charge in [-0.2, -0.15) is 0 Å². The fourth-order valence-corrected chi connectivity index (χ4v) is 1.37. The van der Waals surface area contributed by atoms with Crippen molar-refractivity contribution in [3.8, 4) is 0 Å². The van der Waals surface area contributed by atoms with Crippen LogP contribution in [0, 0.1) is 0 Å². The summed E-state index contributed by atoms with van der Waals surface area (Å²) in [6.45, 7) is 4.28. The minimum atomic E-state index is 0.961. The molecular weight excluding hydrogens is 144 g/mol. The molecule has 0 spiro atoms. The summed E-state index contributed by atoms with van der Waals surface area (Å²) in [5.74, 6) is 0. The Hall–Kier alpha value is -0.230. The molecule has 0 N–H and O–H groups in total. The number of rotatable bonds is 1. The van der Waals surface area contributed by atoms with E-state index in [0.29, 0.717) is 0 Å². The Morgan fingerprint density at radius 2 is 2.20 bits per heavy atom. The van der Waals surface area contributed by atoms with E-state index >= 15 is 0 Å². The Morgan fingerprint density at radius 3 is 2.70 bits per heavy atom. The minimum Gasteiger partial charge on any atom is -0.0844 e. The van der Waals surface area contributed by atoms with Gasteiger partial charge in [-0.1, -0.05) is 29.7 Å². The Morgan fingerprint density at radius 1 is 1.50 bits per heavy atom. The van der Waals surface area contributed by atoms with E-state index in [1.54, 1.807) is 0 Å². The minimum absolute atomic E-state index is 0.961. The molecular formula is C9H13Cl. The summed E-state index contributed by atoms with van der Waals surface area (Å²) < 4.78 is 0. The molecule has 0 amide bonds. The van der Waals surface area contributed by atoms with Crippen LogP contribution in [0.15, 0.2) is 22.3 Å². The van der Waals surface area contributed by atoms with Crippen molar-refractivity contribution in [3.05, 3.63) is 22.3 Å². The smallest absolute Gasteiger partial charge is 0.0394 e. The van der Waals surface area contributed by atoms with Crippen LogP contribution in [-0.2, 0) is 0 Å². The second kappa shape index (κ2) is 3.25. The molecule has 0 nitrogen and oxygen atoms in total. The number of allylic oxidation sites excluding steroid dienone is 4. The van der Waals surface area contributed by atoms with Crippen LogP contribution in [0.5, 0.6) is 0 Å². The lowest BCUT2D eigenvalue weighted by atomic mass is 9.98. The summed E-state index contributed by atoms with van der Waals surface area (Å²) in [5.41, 5.74) is 2.81. The van der Waals surface area contributed by atoms with Gasteiger partial charge in [-0.25, -0.2) is 0 Å². The number of hydrogen-bond donors (Lipinski definition) is 0. The molecule has 1 aliphatic rings. The van der Waals surface area contributed by atoms with E-state index in [1.807, 2.05) is 0 Å². The van der Waals surface area contributed by atoms with Crippen molar-refractivity contribution in [2.24, 2.45) is 0 Å². The fourth-order valence-electron chi connectivity index (χ4n) is 1.12. The third kappa shape index (κ3) is 1.63. The van der Waals surface area contributed by atoms with Crippen LogP contribution in [0.25, 0.3) is 0 Å². The molecule has 0 unspecified atom stereocenters. The van der Waals surface area contributed by atoms with Crippen molar-refractivity contribution in [2.45, 2.75) is 33.1 Å². The van der Waals surface area contributed by atoms with Gasteiger partial charge in [0.05, 0.1) is 0 Å². The molecule has 10 heavy (non-hydrogen) atoms. The molecule has 0 atom stereocenters. The van der Waals surface area contributed by atoms with Crippen molar-refractivity contribution >= 4 is 11.6 Å². The monoisotopic (exact) mass is 156 g/mol. The molecule has 56 valence electrons. The van der Waals surface area contributed by atoms with E-state index in [4.69, 9.17) is 11.6 Å². The Kier molecular flexibility index (Phi) is 2.56. The molecule has 1 heteroatoms. The third-order valence-corrected chi connectivity index (χ3v) is 2.45. The van der Waals surface area contributed by atoms with E-state index in [1.165, 1.54) is 17.6 Å². The summed E-state index contributed by atoms with van der Waals surface area (Å²) >= 11 is 5.94. The first-order chi connectivity index (χ1) is 4.74. The quantitative estimate of drug-likeness (QED) is 0.544. The van der Waals surface area contributed by atoms with Crippen molar-refractivity contribution < 1.29 is 0 Å². The van der Waals surface area contributed by atoms with Crippen LogP contribution in [-0.4, -0.2) is 0 Å². The average Bonchev–Trinajstić information content (AvgIpc) is 1.95. The first kappa shape index (κ1) is 7.87. The first-order valence-corrected chi connectivity index (χ1v) is 4.16. The molecule has 0 aromatic carbocycles. The van der Waals surface area contributed by atoms with Crippen LogP contribution in [0.4, 0.5) is 0 Å². The van der Waals surface area contributed by atoms with Crippen molar-refractivity contribution in [1.29, 1.82) is 0 Å². The lowest BCUT2D eigenvalue weighted by Crippen LogP contribution is -1.92. The Labute approximate surface area is 67.6 Å². The molecule has 0 fully saturated rings. The van der Waals surface area contributed by atoms with E-state index in [9.17, 15) is 0 Å². The summed E-state index contributed by atoms with van der Waals surface area (Å²) in [6.07, 6.45) is 5.61. The second-order valence-electron chi connectivity index (χ2n) is 2.78. The second-order valence-corrected chi connectivity index (χ2v) is 3.19. The predicted molar refractivity (Wildman–Crippen MR) is 46.2 cm³/mol. The number of halogens is 1. The zero-order valence-corrected chi connectivity index (χ0v) is 7.33. The third-order valence-electron chi connectivity index (χ3n) is 2.01. The van der Waals surface area contributed by atoms with E-state index < -0.39 is 0 Å². The lowest BCUT2D eigenvalue weighted by molar-refractivity contribution is 0.854. The van der Waals surface area contributed by atoms with Gasteiger partial charge < -0.3 is 0 Å². The molecule has 1 aliphatic carbocycles. The van der Waals surface area contributed by atoms with Gasteiger partial charge in [0.25, 0.3) is 0 Å². The van der Waals surface area contributed by atoms with Crippen LogP contribution in [0.2, 0.25) is 0 Å². The van der Waals surface area contributed by atoms with E-state index in [2.05, 4.69) is 19.9 Å². The lowest BCUT2D eigenvalue weighted by Gasteiger charge is -2.12. The predicted octanol–water partition coefficient (Wildman–Crippen LogP) is 3.63. The Bertz CT molecular complexity index is 187. The van der Waals surface area contributed by atoms with E-state index in [0.717, 1.165) is 17.9 Å². The highest BCUT2D eigenvalue weighted by Gasteiger charge is 2.06. The highest BCUT2D eigenvalue weighted by molar-refractivity contribution is 6.31. The van der Waals surface area contributed by atoms with Gasteiger partial charge in [0, 0.05) is 5.03 Å². The normalized spacial score (nSPS) is 19.3. The van der Waals surface area contributed by atoms with Crippen LogP contribution in [0.3, 0.4) is 0 Å².